The van der Waals surface area contributed by atoms with Gasteiger partial charge in [-0.25, -0.2) is 4.79 Å². The van der Waals surface area contributed by atoms with Crippen LogP contribution in [0.4, 0.5) is 5.69 Å². The maximum Gasteiger partial charge on any atom is 0.331 e. The number of nitrogens with one attached hydrogen (secondary N) is 1. The summed E-state index contributed by atoms with van der Waals surface area (Å²) >= 11 is 0. The fraction of sp³-hybridized carbons (Fsp3) is 0.150. The molecule has 1 amide bonds. The zero-order valence-electron chi connectivity index (χ0n) is 14.0. The second-order valence-corrected chi connectivity index (χ2v) is 5.45. The van der Waals surface area contributed by atoms with Crippen LogP contribution in [0.25, 0.3) is 6.08 Å². The summed E-state index contributed by atoms with van der Waals surface area (Å²) in [5.74, 6) is -1.03. The van der Waals surface area contributed by atoms with Crippen molar-refractivity contribution in [1.29, 1.82) is 5.26 Å². The number of amides is 1. The van der Waals surface area contributed by atoms with Gasteiger partial charge in [0.15, 0.2) is 6.10 Å². The normalized spacial score (nSPS) is 11.6. The molecule has 0 unspecified atom stereocenters. The molecule has 0 fully saturated rings. The van der Waals surface area contributed by atoms with Gasteiger partial charge >= 0.3 is 5.97 Å². The number of ether oxygens (including phenoxy) is 1. The minimum absolute atomic E-state index is 0.442. The van der Waals surface area contributed by atoms with Gasteiger partial charge in [-0.2, -0.15) is 5.26 Å². The molecule has 2 aromatic carbocycles. The van der Waals surface area contributed by atoms with Gasteiger partial charge in [-0.05, 0) is 55.3 Å². The molecule has 0 aliphatic carbocycles. The van der Waals surface area contributed by atoms with Gasteiger partial charge in [-0.1, -0.05) is 24.3 Å². The first kappa shape index (κ1) is 18.0. The summed E-state index contributed by atoms with van der Waals surface area (Å²) in [7, 11) is 0. The number of hydrogen-bond donors (Lipinski definition) is 1. The minimum atomic E-state index is -0.940. The van der Waals surface area contributed by atoms with Crippen LogP contribution < -0.4 is 5.32 Å². The maximum atomic E-state index is 12.1. The van der Waals surface area contributed by atoms with E-state index in [1.807, 2.05) is 37.3 Å². The van der Waals surface area contributed by atoms with E-state index in [0.717, 1.165) is 11.1 Å². The van der Waals surface area contributed by atoms with Gasteiger partial charge in [0.1, 0.15) is 0 Å². The molecule has 2 rings (SSSR count). The summed E-state index contributed by atoms with van der Waals surface area (Å²) in [4.78, 5) is 23.9. The Morgan fingerprint density at radius 2 is 1.84 bits per heavy atom. The first-order valence-corrected chi connectivity index (χ1v) is 7.75. The maximum absolute atomic E-state index is 12.1. The number of benzene rings is 2. The smallest absolute Gasteiger partial charge is 0.331 e. The van der Waals surface area contributed by atoms with E-state index >= 15 is 0 Å². The molecule has 0 saturated carbocycles. The van der Waals surface area contributed by atoms with Crippen molar-refractivity contribution in [2.75, 3.05) is 5.32 Å². The van der Waals surface area contributed by atoms with Crippen LogP contribution in [0.3, 0.4) is 0 Å². The highest BCUT2D eigenvalue weighted by molar-refractivity contribution is 5.96. The van der Waals surface area contributed by atoms with E-state index in [4.69, 9.17) is 10.00 Å². The SMILES string of the molecule is Cc1ccccc1/C=C/C(=O)O[C@H](C)C(=O)Nc1ccc(C#N)cc1. The molecule has 0 bridgehead atoms. The molecular weight excluding hydrogens is 316 g/mol. The third kappa shape index (κ3) is 5.33. The van der Waals surface area contributed by atoms with E-state index in [9.17, 15) is 9.59 Å². The second-order valence-electron chi connectivity index (χ2n) is 5.45. The van der Waals surface area contributed by atoms with Crippen LogP contribution in [0.5, 0.6) is 0 Å². The Balaban J connectivity index is 1.90. The van der Waals surface area contributed by atoms with E-state index in [2.05, 4.69) is 5.32 Å². The third-order valence-electron chi connectivity index (χ3n) is 3.53. The van der Waals surface area contributed by atoms with Crippen LogP contribution in [-0.4, -0.2) is 18.0 Å². The molecule has 0 radical (unpaired) electrons. The minimum Gasteiger partial charge on any atom is -0.449 e. The molecule has 0 aliphatic rings. The first-order chi connectivity index (χ1) is 12.0. The first-order valence-electron chi connectivity index (χ1n) is 7.75. The number of nitrogens with zero attached hydrogens (tertiary/aromatic N) is 1. The van der Waals surface area contributed by atoms with Crippen molar-refractivity contribution in [3.63, 3.8) is 0 Å². The summed E-state index contributed by atoms with van der Waals surface area (Å²) < 4.78 is 5.10. The lowest BCUT2D eigenvalue weighted by Crippen LogP contribution is -2.29. The van der Waals surface area contributed by atoms with Gasteiger partial charge in [0.05, 0.1) is 11.6 Å². The van der Waals surface area contributed by atoms with Crippen LogP contribution >= 0.6 is 0 Å². The summed E-state index contributed by atoms with van der Waals surface area (Å²) in [6.07, 6.45) is 2.01. The van der Waals surface area contributed by atoms with Crippen molar-refractivity contribution in [3.05, 3.63) is 71.3 Å². The van der Waals surface area contributed by atoms with Crippen molar-refractivity contribution in [2.24, 2.45) is 0 Å². The number of anilines is 1. The van der Waals surface area contributed by atoms with Crippen LogP contribution in [0, 0.1) is 18.3 Å². The second kappa shape index (κ2) is 8.46. The van der Waals surface area contributed by atoms with Gasteiger partial charge < -0.3 is 10.1 Å². The van der Waals surface area contributed by atoms with Crippen LogP contribution in [0.2, 0.25) is 0 Å². The summed E-state index contributed by atoms with van der Waals surface area (Å²) in [6, 6.07) is 16.0. The Morgan fingerprint density at radius 1 is 1.16 bits per heavy atom. The highest BCUT2D eigenvalue weighted by Gasteiger charge is 2.16. The fourth-order valence-corrected chi connectivity index (χ4v) is 2.07. The van der Waals surface area contributed by atoms with Crippen molar-refractivity contribution in [3.8, 4) is 6.07 Å². The highest BCUT2D eigenvalue weighted by atomic mass is 16.5. The van der Waals surface area contributed by atoms with Crippen LogP contribution in [-0.2, 0) is 14.3 Å². The van der Waals surface area contributed by atoms with E-state index < -0.39 is 18.0 Å². The monoisotopic (exact) mass is 334 g/mol. The quantitative estimate of drug-likeness (QED) is 0.671. The molecule has 0 aromatic heterocycles. The number of rotatable bonds is 5. The van der Waals surface area contributed by atoms with Crippen molar-refractivity contribution in [1.82, 2.24) is 0 Å². The molecule has 5 heteroatoms. The summed E-state index contributed by atoms with van der Waals surface area (Å²) in [6.45, 7) is 3.44. The zero-order chi connectivity index (χ0) is 18.2. The van der Waals surface area contributed by atoms with E-state index in [1.165, 1.54) is 13.0 Å². The molecule has 0 aliphatic heterocycles. The lowest BCUT2D eigenvalue weighted by atomic mass is 10.1. The highest BCUT2D eigenvalue weighted by Crippen LogP contribution is 2.11. The Hall–Kier alpha value is -3.39. The molecule has 1 atom stereocenters. The lowest BCUT2D eigenvalue weighted by Gasteiger charge is -2.12. The molecule has 25 heavy (non-hydrogen) atoms. The van der Waals surface area contributed by atoms with E-state index in [-0.39, 0.29) is 0 Å². The van der Waals surface area contributed by atoms with Crippen molar-refractivity contribution < 1.29 is 14.3 Å². The number of esters is 1. The summed E-state index contributed by atoms with van der Waals surface area (Å²) in [5.41, 5.74) is 2.98. The topological polar surface area (TPSA) is 79.2 Å². The summed E-state index contributed by atoms with van der Waals surface area (Å²) in [5, 5.41) is 11.4. The molecule has 0 heterocycles. The number of hydrogen-bond acceptors (Lipinski definition) is 4. The molecule has 5 nitrogen and oxygen atoms in total. The molecule has 0 saturated heterocycles. The number of carbonyl (C=O) groups is 2. The number of aryl methyl sites for hydroxylation is 1. The Bertz CT molecular complexity index is 833. The Labute approximate surface area is 146 Å². The average Bonchev–Trinajstić information content (AvgIpc) is 2.61. The molecule has 126 valence electrons. The predicted molar refractivity (Wildman–Crippen MR) is 95.6 cm³/mol. The number of carbonyl (C=O) groups excluding carboxylic acids is 2. The molecular formula is C20H18N2O3. The Morgan fingerprint density at radius 3 is 2.48 bits per heavy atom. The van der Waals surface area contributed by atoms with Crippen molar-refractivity contribution >= 4 is 23.6 Å². The van der Waals surface area contributed by atoms with Gasteiger partial charge in [-0.15, -0.1) is 0 Å². The molecule has 0 spiro atoms. The third-order valence-corrected chi connectivity index (χ3v) is 3.53. The fourth-order valence-electron chi connectivity index (χ4n) is 2.07. The lowest BCUT2D eigenvalue weighted by molar-refractivity contribution is -0.148. The van der Waals surface area contributed by atoms with Gasteiger partial charge in [0, 0.05) is 11.8 Å². The van der Waals surface area contributed by atoms with Gasteiger partial charge in [-0.3, -0.25) is 4.79 Å². The van der Waals surface area contributed by atoms with Crippen LogP contribution in [0.1, 0.15) is 23.6 Å². The standard InChI is InChI=1S/C20H18N2O3/c1-14-5-3-4-6-17(14)9-12-19(23)25-15(2)20(24)22-18-10-7-16(13-21)8-11-18/h3-12,15H,1-2H3,(H,22,24)/b12-9+/t15-/m1/s1. The zero-order valence-corrected chi connectivity index (χ0v) is 14.0. The molecule has 2 aromatic rings. The Kier molecular flexibility index (Phi) is 6.08. The van der Waals surface area contributed by atoms with Crippen molar-refractivity contribution in [2.45, 2.75) is 20.0 Å². The molecule has 1 N–H and O–H groups in total. The average molecular weight is 334 g/mol. The predicted octanol–water partition coefficient (Wildman–Crippen LogP) is 3.45. The van der Waals surface area contributed by atoms with E-state index in [0.29, 0.717) is 11.3 Å². The van der Waals surface area contributed by atoms with E-state index in [1.54, 1.807) is 30.3 Å². The van der Waals surface area contributed by atoms with Gasteiger partial charge in [0.2, 0.25) is 0 Å². The van der Waals surface area contributed by atoms with Gasteiger partial charge in [0.25, 0.3) is 5.91 Å². The van der Waals surface area contributed by atoms with Crippen LogP contribution in [0.15, 0.2) is 54.6 Å². The number of nitriles is 1. The largest absolute Gasteiger partial charge is 0.449 e.